The van der Waals surface area contributed by atoms with Crippen LogP contribution in [0.5, 0.6) is 28.7 Å². The van der Waals surface area contributed by atoms with Crippen molar-refractivity contribution in [2.45, 2.75) is 6.61 Å². The van der Waals surface area contributed by atoms with Gasteiger partial charge in [-0.25, -0.2) is 0 Å². The van der Waals surface area contributed by atoms with E-state index in [9.17, 15) is 0 Å². The molecule has 0 unspecified atom stereocenters. The molecule has 124 valence electrons. The largest absolute Gasteiger partial charge is 0.493 e. The van der Waals surface area contributed by atoms with Gasteiger partial charge in [-0.05, 0) is 29.8 Å². The van der Waals surface area contributed by atoms with Crippen molar-refractivity contribution >= 4 is 0 Å². The minimum Gasteiger partial charge on any atom is -0.493 e. The average molecular weight is 320 g/mol. The Morgan fingerprint density at radius 1 is 0.652 bits per heavy atom. The van der Waals surface area contributed by atoms with Gasteiger partial charge in [0, 0.05) is 6.07 Å². The van der Waals surface area contributed by atoms with E-state index in [1.54, 1.807) is 46.6 Å². The van der Waals surface area contributed by atoms with Crippen molar-refractivity contribution < 1.29 is 28.7 Å². The fourth-order valence-electron chi connectivity index (χ4n) is 2.00. The number of hydrogen-bond acceptors (Lipinski definition) is 6. The summed E-state index contributed by atoms with van der Waals surface area (Å²) in [7, 11) is 6.31. The maximum atomic E-state index is 5.27. The molecule has 0 aromatic heterocycles. The van der Waals surface area contributed by atoms with Crippen molar-refractivity contribution in [1.29, 1.82) is 0 Å². The van der Waals surface area contributed by atoms with Crippen LogP contribution in [0.25, 0.3) is 0 Å². The smallest absolute Gasteiger partial charge is 0.169 e. The number of rotatable bonds is 8. The monoisotopic (exact) mass is 320 g/mol. The first-order chi connectivity index (χ1) is 11.2. The molecule has 6 nitrogen and oxygen atoms in total. The zero-order valence-corrected chi connectivity index (χ0v) is 13.6. The molecule has 0 aliphatic heterocycles. The molecular formula is C17H20O6. The summed E-state index contributed by atoms with van der Waals surface area (Å²) in [5.41, 5.74) is 0.892. The second-order valence-electron chi connectivity index (χ2n) is 4.55. The van der Waals surface area contributed by atoms with Crippen LogP contribution in [0.4, 0.5) is 0 Å². The maximum Gasteiger partial charge on any atom is 0.169 e. The predicted molar refractivity (Wildman–Crippen MR) is 84.5 cm³/mol. The molecule has 0 spiro atoms. The maximum absolute atomic E-state index is 5.27. The van der Waals surface area contributed by atoms with Gasteiger partial charge >= 0.3 is 0 Å². The van der Waals surface area contributed by atoms with Crippen molar-refractivity contribution in [2.75, 3.05) is 28.4 Å². The van der Waals surface area contributed by atoms with Gasteiger partial charge in [0.15, 0.2) is 28.7 Å². The number of benzene rings is 2. The van der Waals surface area contributed by atoms with Crippen LogP contribution >= 0.6 is 0 Å². The molecule has 0 saturated heterocycles. The molecule has 0 bridgehead atoms. The highest BCUT2D eigenvalue weighted by atomic mass is 17.2. The Bertz CT molecular complexity index is 585. The Labute approximate surface area is 135 Å². The van der Waals surface area contributed by atoms with Crippen molar-refractivity contribution in [1.82, 2.24) is 0 Å². The first-order valence-corrected chi connectivity index (χ1v) is 6.94. The number of ether oxygens (including phenoxy) is 4. The van der Waals surface area contributed by atoms with E-state index in [1.807, 2.05) is 18.2 Å². The highest BCUT2D eigenvalue weighted by Crippen LogP contribution is 2.31. The molecule has 0 aliphatic rings. The molecule has 0 saturated carbocycles. The SMILES string of the molecule is COc1ccc(COOc2ccc(OC)c(OC)c2)cc1OC. The summed E-state index contributed by atoms with van der Waals surface area (Å²) in [6, 6.07) is 10.7. The van der Waals surface area contributed by atoms with Crippen LogP contribution in [-0.2, 0) is 11.5 Å². The van der Waals surface area contributed by atoms with Crippen LogP contribution in [0.15, 0.2) is 36.4 Å². The van der Waals surface area contributed by atoms with E-state index in [0.29, 0.717) is 28.7 Å². The van der Waals surface area contributed by atoms with Crippen molar-refractivity contribution in [3.05, 3.63) is 42.0 Å². The molecule has 2 aromatic carbocycles. The van der Waals surface area contributed by atoms with E-state index in [1.165, 1.54) is 0 Å². The Balaban J connectivity index is 1.97. The normalized spacial score (nSPS) is 10.1. The van der Waals surface area contributed by atoms with Gasteiger partial charge in [0.25, 0.3) is 0 Å². The predicted octanol–water partition coefficient (Wildman–Crippen LogP) is 3.23. The van der Waals surface area contributed by atoms with Crippen molar-refractivity contribution in [3.63, 3.8) is 0 Å². The fourth-order valence-corrected chi connectivity index (χ4v) is 2.00. The van der Waals surface area contributed by atoms with Gasteiger partial charge in [-0.2, -0.15) is 4.89 Å². The summed E-state index contributed by atoms with van der Waals surface area (Å²) < 4.78 is 20.8. The average Bonchev–Trinajstić information content (AvgIpc) is 2.61. The third-order valence-electron chi connectivity index (χ3n) is 3.18. The molecule has 2 aromatic rings. The summed E-state index contributed by atoms with van der Waals surface area (Å²) in [6.07, 6.45) is 0. The van der Waals surface area contributed by atoms with Gasteiger partial charge in [-0.3, -0.25) is 0 Å². The molecule has 0 heterocycles. The molecule has 0 N–H and O–H groups in total. The van der Waals surface area contributed by atoms with Crippen LogP contribution in [0, 0.1) is 0 Å². The number of hydrogen-bond donors (Lipinski definition) is 0. The lowest BCUT2D eigenvalue weighted by atomic mass is 10.2. The molecule has 2 rings (SSSR count). The fraction of sp³-hybridized carbons (Fsp3) is 0.294. The van der Waals surface area contributed by atoms with Crippen LogP contribution in [-0.4, -0.2) is 28.4 Å². The van der Waals surface area contributed by atoms with Gasteiger partial charge in [-0.1, -0.05) is 6.07 Å². The molecule has 6 heteroatoms. The summed E-state index contributed by atoms with van der Waals surface area (Å²) in [4.78, 5) is 10.5. The minimum absolute atomic E-state index is 0.259. The molecule has 0 aliphatic carbocycles. The third kappa shape index (κ3) is 4.20. The van der Waals surface area contributed by atoms with Gasteiger partial charge in [0.1, 0.15) is 6.61 Å². The number of methoxy groups -OCH3 is 4. The second kappa shape index (κ2) is 8.14. The first kappa shape index (κ1) is 16.8. The van der Waals surface area contributed by atoms with Gasteiger partial charge in [-0.15, -0.1) is 0 Å². The Morgan fingerprint density at radius 3 is 1.83 bits per heavy atom. The topological polar surface area (TPSA) is 55.4 Å². The van der Waals surface area contributed by atoms with Crippen LogP contribution < -0.4 is 23.8 Å². The summed E-state index contributed by atoms with van der Waals surface area (Å²) in [6.45, 7) is 0.259. The Kier molecular flexibility index (Phi) is 5.94. The molecule has 0 amide bonds. The van der Waals surface area contributed by atoms with E-state index in [4.69, 9.17) is 28.7 Å². The van der Waals surface area contributed by atoms with Gasteiger partial charge < -0.3 is 23.8 Å². The standard InChI is InChI=1S/C17H20O6/c1-18-14-7-5-12(9-16(14)20-3)11-22-23-13-6-8-15(19-2)17(10-13)21-4/h5-10H,11H2,1-4H3. The summed E-state index contributed by atoms with van der Waals surface area (Å²) in [5, 5.41) is 0. The lowest BCUT2D eigenvalue weighted by Gasteiger charge is -2.11. The molecule has 0 atom stereocenters. The lowest BCUT2D eigenvalue weighted by Crippen LogP contribution is -2.00. The molecule has 23 heavy (non-hydrogen) atoms. The third-order valence-corrected chi connectivity index (χ3v) is 3.18. The second-order valence-corrected chi connectivity index (χ2v) is 4.55. The summed E-state index contributed by atoms with van der Waals surface area (Å²) >= 11 is 0. The Hall–Kier alpha value is -2.60. The zero-order valence-electron chi connectivity index (χ0n) is 13.6. The van der Waals surface area contributed by atoms with Crippen LogP contribution in [0.3, 0.4) is 0 Å². The lowest BCUT2D eigenvalue weighted by molar-refractivity contribution is -0.217. The van der Waals surface area contributed by atoms with Crippen molar-refractivity contribution in [3.8, 4) is 28.7 Å². The van der Waals surface area contributed by atoms with E-state index in [0.717, 1.165) is 5.56 Å². The zero-order chi connectivity index (χ0) is 16.7. The van der Waals surface area contributed by atoms with Gasteiger partial charge in [0.05, 0.1) is 28.4 Å². The van der Waals surface area contributed by atoms with E-state index < -0.39 is 0 Å². The van der Waals surface area contributed by atoms with Crippen molar-refractivity contribution in [2.24, 2.45) is 0 Å². The van der Waals surface area contributed by atoms with E-state index >= 15 is 0 Å². The van der Waals surface area contributed by atoms with Crippen LogP contribution in [0.2, 0.25) is 0 Å². The molecule has 0 radical (unpaired) electrons. The quantitative estimate of drug-likeness (QED) is 0.550. The molecule has 0 fully saturated rings. The highest BCUT2D eigenvalue weighted by molar-refractivity contribution is 5.45. The first-order valence-electron chi connectivity index (χ1n) is 6.94. The minimum atomic E-state index is 0.259. The van der Waals surface area contributed by atoms with E-state index in [2.05, 4.69) is 0 Å². The van der Waals surface area contributed by atoms with Gasteiger partial charge in [0.2, 0.25) is 0 Å². The van der Waals surface area contributed by atoms with Crippen LogP contribution in [0.1, 0.15) is 5.56 Å². The van der Waals surface area contributed by atoms with E-state index in [-0.39, 0.29) is 6.61 Å². The Morgan fingerprint density at radius 2 is 1.22 bits per heavy atom. The summed E-state index contributed by atoms with van der Waals surface area (Å²) in [5.74, 6) is 3.01. The highest BCUT2D eigenvalue weighted by Gasteiger charge is 2.07. The molecular weight excluding hydrogens is 300 g/mol.